The van der Waals surface area contributed by atoms with Crippen LogP contribution in [0.2, 0.25) is 0 Å². The molecule has 20 heavy (non-hydrogen) atoms. The lowest BCUT2D eigenvalue weighted by atomic mass is 10.1. The lowest BCUT2D eigenvalue weighted by molar-refractivity contribution is -0.137. The first-order valence-electron chi connectivity index (χ1n) is 6.79. The Morgan fingerprint density at radius 3 is 2.75 bits per heavy atom. The first-order chi connectivity index (χ1) is 9.70. The van der Waals surface area contributed by atoms with E-state index < -0.39 is 0 Å². The Labute approximate surface area is 118 Å². The second-order valence-corrected chi connectivity index (χ2v) is 4.94. The van der Waals surface area contributed by atoms with Crippen molar-refractivity contribution in [2.24, 2.45) is 5.92 Å². The number of nitrogens with zero attached hydrogens (tertiary/aromatic N) is 1. The van der Waals surface area contributed by atoms with Crippen LogP contribution in [0.15, 0.2) is 30.3 Å². The molecule has 1 unspecified atom stereocenters. The van der Waals surface area contributed by atoms with Gasteiger partial charge in [-0.25, -0.2) is 0 Å². The lowest BCUT2D eigenvalue weighted by Crippen LogP contribution is -2.38. The molecule has 0 radical (unpaired) electrons. The molecular weight excluding hydrogens is 256 g/mol. The van der Waals surface area contributed by atoms with Crippen LogP contribution in [0.3, 0.4) is 0 Å². The Morgan fingerprint density at radius 2 is 2.15 bits per heavy atom. The molecule has 0 spiro atoms. The van der Waals surface area contributed by atoms with Crippen LogP contribution in [0, 0.1) is 5.92 Å². The summed E-state index contributed by atoms with van der Waals surface area (Å²) in [5, 5.41) is 2.71. The molecule has 5 heteroatoms. The molecule has 108 valence electrons. The molecule has 1 saturated heterocycles. The molecule has 1 aliphatic heterocycles. The van der Waals surface area contributed by atoms with Crippen molar-refractivity contribution in [1.29, 1.82) is 0 Å². The van der Waals surface area contributed by atoms with Gasteiger partial charge < -0.3 is 15.0 Å². The highest BCUT2D eigenvalue weighted by Crippen LogP contribution is 2.15. The maximum atomic E-state index is 12.5. The van der Waals surface area contributed by atoms with E-state index in [1.807, 2.05) is 30.3 Å². The molecular formula is C15H20N2O3. The van der Waals surface area contributed by atoms with Gasteiger partial charge in [0.05, 0.1) is 12.5 Å². The van der Waals surface area contributed by atoms with Crippen molar-refractivity contribution in [2.75, 3.05) is 26.8 Å². The van der Waals surface area contributed by atoms with Gasteiger partial charge in [-0.2, -0.15) is 0 Å². The minimum Gasteiger partial charge on any atom is -0.383 e. The van der Waals surface area contributed by atoms with Crippen LogP contribution in [0.1, 0.15) is 12.0 Å². The van der Waals surface area contributed by atoms with E-state index >= 15 is 0 Å². The van der Waals surface area contributed by atoms with E-state index in [0.29, 0.717) is 26.2 Å². The number of carbonyl (C=O) groups is 2. The Bertz CT molecular complexity index is 461. The number of benzene rings is 1. The highest BCUT2D eigenvalue weighted by molar-refractivity contribution is 5.89. The molecule has 1 N–H and O–H groups in total. The number of hydrogen-bond acceptors (Lipinski definition) is 3. The molecule has 5 nitrogen and oxygen atoms in total. The zero-order valence-corrected chi connectivity index (χ0v) is 11.7. The summed E-state index contributed by atoms with van der Waals surface area (Å²) >= 11 is 0. The summed E-state index contributed by atoms with van der Waals surface area (Å²) in [6.07, 6.45) is 0.289. The molecule has 0 saturated carbocycles. The summed E-state index contributed by atoms with van der Waals surface area (Å²) in [6.45, 7) is 2.02. The first kappa shape index (κ1) is 14.5. The maximum Gasteiger partial charge on any atom is 0.228 e. The van der Waals surface area contributed by atoms with E-state index in [9.17, 15) is 9.59 Å². The van der Waals surface area contributed by atoms with E-state index in [2.05, 4.69) is 5.32 Å². The summed E-state index contributed by atoms with van der Waals surface area (Å²) in [6, 6.07) is 9.84. The Morgan fingerprint density at radius 1 is 1.40 bits per heavy atom. The van der Waals surface area contributed by atoms with Crippen LogP contribution in [0.5, 0.6) is 0 Å². The van der Waals surface area contributed by atoms with Gasteiger partial charge in [0, 0.05) is 33.2 Å². The minimum absolute atomic E-state index is 0.0178. The van der Waals surface area contributed by atoms with Crippen molar-refractivity contribution < 1.29 is 14.3 Å². The van der Waals surface area contributed by atoms with Crippen LogP contribution in [0.4, 0.5) is 0 Å². The van der Waals surface area contributed by atoms with Crippen LogP contribution in [0.25, 0.3) is 0 Å². The molecule has 2 amide bonds. The lowest BCUT2D eigenvalue weighted by Gasteiger charge is -2.25. The van der Waals surface area contributed by atoms with Gasteiger partial charge in [0.1, 0.15) is 0 Å². The van der Waals surface area contributed by atoms with Gasteiger partial charge in [-0.15, -0.1) is 0 Å². The molecule has 0 bridgehead atoms. The number of nitrogens with one attached hydrogen (secondary N) is 1. The summed E-state index contributed by atoms with van der Waals surface area (Å²) in [5.41, 5.74) is 1.08. The Kier molecular flexibility index (Phi) is 5.12. The van der Waals surface area contributed by atoms with E-state index in [1.165, 1.54) is 0 Å². The van der Waals surface area contributed by atoms with Crippen molar-refractivity contribution in [1.82, 2.24) is 10.2 Å². The van der Waals surface area contributed by atoms with Crippen molar-refractivity contribution in [3.8, 4) is 0 Å². The van der Waals surface area contributed by atoms with E-state index in [-0.39, 0.29) is 24.2 Å². The Balaban J connectivity index is 2.02. The second-order valence-electron chi connectivity index (χ2n) is 4.94. The van der Waals surface area contributed by atoms with Gasteiger partial charge in [-0.3, -0.25) is 9.59 Å². The molecule has 1 aliphatic rings. The van der Waals surface area contributed by atoms with Crippen LogP contribution >= 0.6 is 0 Å². The van der Waals surface area contributed by atoms with Gasteiger partial charge in [0.2, 0.25) is 11.8 Å². The van der Waals surface area contributed by atoms with Crippen molar-refractivity contribution in [2.45, 2.75) is 13.0 Å². The van der Waals surface area contributed by atoms with Crippen molar-refractivity contribution >= 4 is 11.8 Å². The third-order valence-electron chi connectivity index (χ3n) is 3.42. The quantitative estimate of drug-likeness (QED) is 0.836. The fourth-order valence-electron chi connectivity index (χ4n) is 2.31. The molecule has 1 aromatic rings. The summed E-state index contributed by atoms with van der Waals surface area (Å²) in [7, 11) is 1.62. The van der Waals surface area contributed by atoms with Crippen molar-refractivity contribution in [3.05, 3.63) is 35.9 Å². The smallest absolute Gasteiger partial charge is 0.228 e. The van der Waals surface area contributed by atoms with Crippen molar-refractivity contribution in [3.63, 3.8) is 0 Å². The molecule has 0 aromatic heterocycles. The van der Waals surface area contributed by atoms with Gasteiger partial charge in [-0.05, 0) is 5.56 Å². The standard InChI is InChI=1S/C15H20N2O3/c1-20-8-7-17(11-12-5-3-2-4-6-12)15(19)13-9-14(18)16-10-13/h2-6,13H,7-11H2,1H3,(H,16,18). The summed E-state index contributed by atoms with van der Waals surface area (Å²) in [5.74, 6) is -0.276. The zero-order valence-electron chi connectivity index (χ0n) is 11.7. The third kappa shape index (κ3) is 3.81. The summed E-state index contributed by atoms with van der Waals surface area (Å²) in [4.78, 5) is 25.5. The largest absolute Gasteiger partial charge is 0.383 e. The summed E-state index contributed by atoms with van der Waals surface area (Å²) < 4.78 is 5.07. The SMILES string of the molecule is COCCN(Cc1ccccc1)C(=O)C1CNC(=O)C1. The van der Waals surface area contributed by atoms with Gasteiger partial charge in [0.25, 0.3) is 0 Å². The number of amides is 2. The van der Waals surface area contributed by atoms with Gasteiger partial charge in [-0.1, -0.05) is 30.3 Å². The predicted molar refractivity (Wildman–Crippen MR) is 74.9 cm³/mol. The number of rotatable bonds is 6. The van der Waals surface area contributed by atoms with E-state index in [0.717, 1.165) is 5.56 Å². The van der Waals surface area contributed by atoms with E-state index in [4.69, 9.17) is 4.74 Å². The number of methoxy groups -OCH3 is 1. The average molecular weight is 276 g/mol. The molecule has 1 fully saturated rings. The zero-order chi connectivity index (χ0) is 14.4. The van der Waals surface area contributed by atoms with Crippen LogP contribution in [-0.4, -0.2) is 43.5 Å². The second kappa shape index (κ2) is 7.05. The van der Waals surface area contributed by atoms with Gasteiger partial charge in [0.15, 0.2) is 0 Å². The number of carbonyl (C=O) groups excluding carboxylic acids is 2. The van der Waals surface area contributed by atoms with Crippen LogP contribution in [-0.2, 0) is 20.9 Å². The van der Waals surface area contributed by atoms with E-state index in [1.54, 1.807) is 12.0 Å². The molecule has 0 aliphatic carbocycles. The molecule has 2 rings (SSSR count). The molecule has 1 atom stereocenters. The van der Waals surface area contributed by atoms with Gasteiger partial charge >= 0.3 is 0 Å². The fraction of sp³-hybridized carbons (Fsp3) is 0.467. The third-order valence-corrected chi connectivity index (χ3v) is 3.42. The maximum absolute atomic E-state index is 12.5. The molecule has 1 heterocycles. The number of hydrogen-bond donors (Lipinski definition) is 1. The topological polar surface area (TPSA) is 58.6 Å². The monoisotopic (exact) mass is 276 g/mol. The normalized spacial score (nSPS) is 17.9. The predicted octanol–water partition coefficient (Wildman–Crippen LogP) is 0.798. The molecule has 1 aromatic carbocycles. The van der Waals surface area contributed by atoms with Crippen LogP contribution < -0.4 is 5.32 Å². The highest BCUT2D eigenvalue weighted by Gasteiger charge is 2.31. The Hall–Kier alpha value is -1.88. The average Bonchev–Trinajstić information content (AvgIpc) is 2.90. The first-order valence-corrected chi connectivity index (χ1v) is 6.79. The minimum atomic E-state index is -0.247. The highest BCUT2D eigenvalue weighted by atomic mass is 16.5. The number of ether oxygens (including phenoxy) is 1. The fourth-order valence-corrected chi connectivity index (χ4v) is 2.31.